The first-order valence-corrected chi connectivity index (χ1v) is 7.70. The Bertz CT molecular complexity index is 958. The molecule has 3 rings (SSSR count). The fourth-order valence-corrected chi connectivity index (χ4v) is 2.57. The summed E-state index contributed by atoms with van der Waals surface area (Å²) in [4.78, 5) is 12.3. The van der Waals surface area contributed by atoms with Crippen molar-refractivity contribution >= 4 is 34.8 Å². The lowest BCUT2D eigenvalue weighted by molar-refractivity contribution is 0.0997. The lowest BCUT2D eigenvalue weighted by atomic mass is 10.2. The standard InChI is InChI=1S/C18H10Cl2N2O2/c19-13-6-3-5-12(17(13)20)15-8-9-16(24-15)18(23)22-14-7-2-1-4-11(14)10-21/h1-9H,(H,22,23). The quantitative estimate of drug-likeness (QED) is 0.685. The highest BCUT2D eigenvalue weighted by Gasteiger charge is 2.16. The molecular formula is C18H10Cl2N2O2. The van der Waals surface area contributed by atoms with Crippen LogP contribution in [0.25, 0.3) is 11.3 Å². The van der Waals surface area contributed by atoms with E-state index in [1.165, 1.54) is 6.07 Å². The van der Waals surface area contributed by atoms with Crippen LogP contribution in [0.15, 0.2) is 59.0 Å². The molecule has 0 radical (unpaired) electrons. The molecule has 24 heavy (non-hydrogen) atoms. The second-order valence-corrected chi connectivity index (χ2v) is 5.66. The van der Waals surface area contributed by atoms with E-state index in [1.54, 1.807) is 48.5 Å². The zero-order valence-electron chi connectivity index (χ0n) is 12.2. The summed E-state index contributed by atoms with van der Waals surface area (Å²) in [5.74, 6) is 0.0807. The van der Waals surface area contributed by atoms with Crippen LogP contribution in [0, 0.1) is 11.3 Å². The molecule has 4 nitrogen and oxygen atoms in total. The fourth-order valence-electron chi connectivity index (χ4n) is 2.17. The highest BCUT2D eigenvalue weighted by Crippen LogP contribution is 2.34. The molecule has 0 saturated heterocycles. The van der Waals surface area contributed by atoms with Crippen LogP contribution in [-0.4, -0.2) is 5.91 Å². The molecule has 0 aliphatic heterocycles. The van der Waals surface area contributed by atoms with E-state index in [9.17, 15) is 4.79 Å². The Labute approximate surface area is 148 Å². The number of nitriles is 1. The molecule has 3 aromatic rings. The number of para-hydroxylation sites is 1. The van der Waals surface area contributed by atoms with Crippen LogP contribution in [0.4, 0.5) is 5.69 Å². The lowest BCUT2D eigenvalue weighted by Gasteiger charge is -2.05. The van der Waals surface area contributed by atoms with E-state index in [2.05, 4.69) is 5.32 Å². The Kier molecular flexibility index (Phi) is 4.57. The number of amides is 1. The number of rotatable bonds is 3. The van der Waals surface area contributed by atoms with Gasteiger partial charge < -0.3 is 9.73 Å². The number of nitrogens with one attached hydrogen (secondary N) is 1. The van der Waals surface area contributed by atoms with Crippen molar-refractivity contribution in [1.82, 2.24) is 0 Å². The molecule has 0 fully saturated rings. The number of anilines is 1. The van der Waals surface area contributed by atoms with Crippen LogP contribution < -0.4 is 5.32 Å². The van der Waals surface area contributed by atoms with E-state index in [-0.39, 0.29) is 5.76 Å². The minimum absolute atomic E-state index is 0.105. The zero-order chi connectivity index (χ0) is 17.1. The number of halogens is 2. The molecule has 0 saturated carbocycles. The molecule has 118 valence electrons. The first kappa shape index (κ1) is 16.1. The molecular weight excluding hydrogens is 347 g/mol. The number of carbonyl (C=O) groups excluding carboxylic acids is 1. The van der Waals surface area contributed by atoms with Gasteiger partial charge in [0.25, 0.3) is 5.91 Å². The van der Waals surface area contributed by atoms with Crippen molar-refractivity contribution < 1.29 is 9.21 Å². The molecule has 0 atom stereocenters. The topological polar surface area (TPSA) is 66.0 Å². The minimum atomic E-state index is -0.456. The van der Waals surface area contributed by atoms with Crippen molar-refractivity contribution in [3.8, 4) is 17.4 Å². The van der Waals surface area contributed by atoms with Crippen molar-refractivity contribution in [3.63, 3.8) is 0 Å². The van der Waals surface area contributed by atoms with Crippen molar-refractivity contribution in [2.45, 2.75) is 0 Å². The van der Waals surface area contributed by atoms with Crippen molar-refractivity contribution in [1.29, 1.82) is 5.26 Å². The zero-order valence-corrected chi connectivity index (χ0v) is 13.7. The SMILES string of the molecule is N#Cc1ccccc1NC(=O)c1ccc(-c2cccc(Cl)c2Cl)o1. The second kappa shape index (κ2) is 6.79. The minimum Gasteiger partial charge on any atom is -0.451 e. The van der Waals surface area contributed by atoms with Gasteiger partial charge in [0.1, 0.15) is 11.8 Å². The van der Waals surface area contributed by atoms with Gasteiger partial charge in [-0.2, -0.15) is 5.26 Å². The van der Waals surface area contributed by atoms with Crippen LogP contribution in [0.3, 0.4) is 0 Å². The summed E-state index contributed by atoms with van der Waals surface area (Å²) in [6, 6.07) is 17.1. The number of carbonyl (C=O) groups is 1. The molecule has 0 unspecified atom stereocenters. The highest BCUT2D eigenvalue weighted by molar-refractivity contribution is 6.43. The molecule has 1 heterocycles. The summed E-state index contributed by atoms with van der Waals surface area (Å²) in [7, 11) is 0. The van der Waals surface area contributed by atoms with Gasteiger partial charge in [0.05, 0.1) is 21.3 Å². The molecule has 6 heteroatoms. The van der Waals surface area contributed by atoms with Gasteiger partial charge in [-0.15, -0.1) is 0 Å². The highest BCUT2D eigenvalue weighted by atomic mass is 35.5. The Morgan fingerprint density at radius 3 is 2.62 bits per heavy atom. The number of nitrogens with zero attached hydrogens (tertiary/aromatic N) is 1. The molecule has 1 amide bonds. The maximum Gasteiger partial charge on any atom is 0.291 e. The van der Waals surface area contributed by atoms with Crippen LogP contribution in [0.2, 0.25) is 10.0 Å². The van der Waals surface area contributed by atoms with Gasteiger partial charge in [0.2, 0.25) is 0 Å². The Hall–Kier alpha value is -2.74. The largest absolute Gasteiger partial charge is 0.451 e. The lowest BCUT2D eigenvalue weighted by Crippen LogP contribution is -2.11. The normalized spacial score (nSPS) is 10.2. The van der Waals surface area contributed by atoms with Gasteiger partial charge in [0.15, 0.2) is 5.76 Å². The summed E-state index contributed by atoms with van der Waals surface area (Å²) >= 11 is 12.1. The number of furan rings is 1. The van der Waals surface area contributed by atoms with Gasteiger partial charge >= 0.3 is 0 Å². The number of hydrogen-bond acceptors (Lipinski definition) is 3. The Morgan fingerprint density at radius 2 is 1.83 bits per heavy atom. The molecule has 1 N–H and O–H groups in total. The summed E-state index contributed by atoms with van der Waals surface area (Å²) in [6.45, 7) is 0. The third-order valence-electron chi connectivity index (χ3n) is 3.34. The van der Waals surface area contributed by atoms with E-state index in [4.69, 9.17) is 32.9 Å². The van der Waals surface area contributed by atoms with Crippen LogP contribution >= 0.6 is 23.2 Å². The van der Waals surface area contributed by atoms with Gasteiger partial charge in [-0.3, -0.25) is 4.79 Å². The fraction of sp³-hybridized carbons (Fsp3) is 0. The van der Waals surface area contributed by atoms with Crippen LogP contribution in [0.1, 0.15) is 16.1 Å². The Balaban J connectivity index is 1.87. The molecule has 2 aromatic carbocycles. The number of hydrogen-bond donors (Lipinski definition) is 1. The first-order valence-electron chi connectivity index (χ1n) is 6.95. The maximum absolute atomic E-state index is 12.3. The summed E-state index contributed by atoms with van der Waals surface area (Å²) in [5, 5.41) is 12.5. The average molecular weight is 357 g/mol. The first-order chi connectivity index (χ1) is 11.6. The van der Waals surface area contributed by atoms with Crippen molar-refractivity contribution in [2.75, 3.05) is 5.32 Å². The van der Waals surface area contributed by atoms with Crippen molar-refractivity contribution in [2.24, 2.45) is 0 Å². The van der Waals surface area contributed by atoms with E-state index in [0.29, 0.717) is 32.6 Å². The van der Waals surface area contributed by atoms with Crippen molar-refractivity contribution in [3.05, 3.63) is 76.0 Å². The van der Waals surface area contributed by atoms with E-state index < -0.39 is 5.91 Å². The van der Waals surface area contributed by atoms with Gasteiger partial charge in [-0.25, -0.2) is 0 Å². The molecule has 0 bridgehead atoms. The monoisotopic (exact) mass is 356 g/mol. The smallest absolute Gasteiger partial charge is 0.291 e. The predicted molar refractivity (Wildman–Crippen MR) is 93.3 cm³/mol. The molecule has 1 aromatic heterocycles. The van der Waals surface area contributed by atoms with Gasteiger partial charge in [0, 0.05) is 5.56 Å². The molecule has 0 spiro atoms. The van der Waals surface area contributed by atoms with Crippen LogP contribution in [-0.2, 0) is 0 Å². The number of benzene rings is 2. The molecule has 0 aliphatic rings. The summed E-state index contributed by atoms with van der Waals surface area (Å²) in [6.07, 6.45) is 0. The van der Waals surface area contributed by atoms with E-state index >= 15 is 0 Å². The second-order valence-electron chi connectivity index (χ2n) is 4.88. The summed E-state index contributed by atoms with van der Waals surface area (Å²) < 4.78 is 5.58. The summed E-state index contributed by atoms with van der Waals surface area (Å²) in [5.41, 5.74) is 1.39. The Morgan fingerprint density at radius 1 is 1.04 bits per heavy atom. The predicted octanol–water partition coefficient (Wildman–Crippen LogP) is 5.38. The van der Waals surface area contributed by atoms with E-state index in [0.717, 1.165) is 0 Å². The average Bonchev–Trinajstić information content (AvgIpc) is 3.08. The van der Waals surface area contributed by atoms with Gasteiger partial charge in [-0.05, 0) is 36.4 Å². The third-order valence-corrected chi connectivity index (χ3v) is 4.16. The van der Waals surface area contributed by atoms with Crippen LogP contribution in [0.5, 0.6) is 0 Å². The molecule has 0 aliphatic carbocycles. The third kappa shape index (κ3) is 3.13. The van der Waals surface area contributed by atoms with Gasteiger partial charge in [-0.1, -0.05) is 41.4 Å². The maximum atomic E-state index is 12.3. The van der Waals surface area contributed by atoms with E-state index in [1.807, 2.05) is 6.07 Å².